The lowest BCUT2D eigenvalue weighted by Crippen LogP contribution is -2.34. The van der Waals surface area contributed by atoms with Gasteiger partial charge in [-0.05, 0) is 27.2 Å². The van der Waals surface area contributed by atoms with Gasteiger partial charge in [-0.25, -0.2) is 4.79 Å². The maximum atomic E-state index is 11.3. The Morgan fingerprint density at radius 2 is 2.14 bits per heavy atom. The minimum absolute atomic E-state index is 0.275. The summed E-state index contributed by atoms with van der Waals surface area (Å²) in [6.45, 7) is 6.44. The van der Waals surface area contributed by atoms with Crippen molar-refractivity contribution in [2.75, 3.05) is 6.61 Å². The van der Waals surface area contributed by atoms with Crippen LogP contribution in [0.2, 0.25) is 0 Å². The number of ether oxygens (including phenoxy) is 2. The summed E-state index contributed by atoms with van der Waals surface area (Å²) >= 11 is 0. The third-order valence-electron chi connectivity index (χ3n) is 2.38. The largest absolute Gasteiger partial charge is 0.444 e. The number of alkyl carbamates (subject to hydrolysis) is 1. The van der Waals surface area contributed by atoms with Gasteiger partial charge in [0.05, 0.1) is 12.7 Å². The molecule has 1 heterocycles. The lowest BCUT2D eigenvalue weighted by molar-refractivity contribution is 0.0520. The van der Waals surface area contributed by atoms with Crippen LogP contribution in [0.15, 0.2) is 0 Å². The summed E-state index contributed by atoms with van der Waals surface area (Å²) < 4.78 is 10.3. The van der Waals surface area contributed by atoms with E-state index in [2.05, 4.69) is 5.32 Å². The summed E-state index contributed by atoms with van der Waals surface area (Å²) in [7, 11) is 0. The number of amides is 1. The van der Waals surface area contributed by atoms with E-state index in [1.54, 1.807) is 0 Å². The molecule has 3 atom stereocenters. The number of carbonyl (C=O) groups excluding carboxylic acids is 1. The number of nitrogens with one attached hydrogen (secondary N) is 1. The molecule has 2 aliphatic rings. The normalized spacial score (nSPS) is 34.9. The lowest BCUT2D eigenvalue weighted by Gasteiger charge is -2.19. The molecule has 1 amide bonds. The van der Waals surface area contributed by atoms with Crippen LogP contribution in [0.25, 0.3) is 0 Å². The van der Waals surface area contributed by atoms with Crippen LogP contribution in [0.1, 0.15) is 27.2 Å². The van der Waals surface area contributed by atoms with Gasteiger partial charge in [-0.1, -0.05) is 0 Å². The zero-order valence-electron chi connectivity index (χ0n) is 8.87. The Morgan fingerprint density at radius 3 is 2.64 bits per heavy atom. The summed E-state index contributed by atoms with van der Waals surface area (Å²) in [6, 6.07) is 0.275. The van der Waals surface area contributed by atoms with Crippen LogP contribution in [0.4, 0.5) is 4.79 Å². The molecular weight excluding hydrogens is 182 g/mol. The molecule has 80 valence electrons. The zero-order valence-corrected chi connectivity index (χ0v) is 8.87. The van der Waals surface area contributed by atoms with E-state index in [4.69, 9.17) is 9.47 Å². The Labute approximate surface area is 84.0 Å². The van der Waals surface area contributed by atoms with Crippen molar-refractivity contribution in [2.24, 2.45) is 5.92 Å². The van der Waals surface area contributed by atoms with E-state index >= 15 is 0 Å². The maximum absolute atomic E-state index is 11.3. The smallest absolute Gasteiger partial charge is 0.407 e. The van der Waals surface area contributed by atoms with Crippen molar-refractivity contribution >= 4 is 6.09 Å². The van der Waals surface area contributed by atoms with Gasteiger partial charge in [0.25, 0.3) is 0 Å². The predicted molar refractivity (Wildman–Crippen MR) is 51.0 cm³/mol. The van der Waals surface area contributed by atoms with Crippen LogP contribution in [-0.2, 0) is 9.47 Å². The summed E-state index contributed by atoms with van der Waals surface area (Å²) in [5.41, 5.74) is -0.412. The number of hydrogen-bond donors (Lipinski definition) is 1. The Hall–Kier alpha value is -0.770. The van der Waals surface area contributed by atoms with E-state index < -0.39 is 5.60 Å². The van der Waals surface area contributed by atoms with E-state index in [0.717, 1.165) is 13.0 Å². The molecule has 1 saturated heterocycles. The van der Waals surface area contributed by atoms with Gasteiger partial charge in [0.2, 0.25) is 0 Å². The highest BCUT2D eigenvalue weighted by molar-refractivity contribution is 5.68. The van der Waals surface area contributed by atoms with Gasteiger partial charge in [-0.3, -0.25) is 0 Å². The molecule has 0 aromatic rings. The van der Waals surface area contributed by atoms with Crippen LogP contribution in [0, 0.1) is 5.92 Å². The third-order valence-corrected chi connectivity index (χ3v) is 2.38. The first kappa shape index (κ1) is 9.77. The molecule has 2 fully saturated rings. The molecular formula is C10H17NO3. The fraction of sp³-hybridized carbons (Fsp3) is 0.900. The van der Waals surface area contributed by atoms with Gasteiger partial charge in [0, 0.05) is 12.0 Å². The Kier molecular flexibility index (Phi) is 2.18. The SMILES string of the molecule is CC(C)(C)OC(=O)N[C@@H]1C[C@H]1C1CO1. The highest BCUT2D eigenvalue weighted by Crippen LogP contribution is 2.40. The van der Waals surface area contributed by atoms with Crippen molar-refractivity contribution in [1.82, 2.24) is 5.32 Å². The van der Waals surface area contributed by atoms with Gasteiger partial charge < -0.3 is 14.8 Å². The molecule has 1 saturated carbocycles. The molecule has 1 unspecified atom stereocenters. The van der Waals surface area contributed by atoms with Crippen molar-refractivity contribution in [3.05, 3.63) is 0 Å². The number of rotatable bonds is 2. The summed E-state index contributed by atoms with van der Waals surface area (Å²) in [6.07, 6.45) is 1.12. The van der Waals surface area contributed by atoms with E-state index in [9.17, 15) is 4.79 Å². The van der Waals surface area contributed by atoms with Crippen LogP contribution in [-0.4, -0.2) is 30.4 Å². The average molecular weight is 199 g/mol. The minimum Gasteiger partial charge on any atom is -0.444 e. The molecule has 0 aromatic carbocycles. The second-order valence-electron chi connectivity index (χ2n) is 5.02. The van der Waals surface area contributed by atoms with Gasteiger partial charge in [-0.2, -0.15) is 0 Å². The second kappa shape index (κ2) is 3.12. The fourth-order valence-electron chi connectivity index (χ4n) is 1.55. The van der Waals surface area contributed by atoms with Gasteiger partial charge in [0.15, 0.2) is 0 Å². The molecule has 14 heavy (non-hydrogen) atoms. The number of hydrogen-bond acceptors (Lipinski definition) is 3. The standard InChI is InChI=1S/C10H17NO3/c1-10(2,3)14-9(12)11-7-4-6(7)8-5-13-8/h6-8H,4-5H2,1-3H3,(H,11,12)/t6-,7-,8?/m1/s1. The summed E-state index contributed by atoms with van der Waals surface area (Å²) in [5, 5.41) is 2.84. The number of carbonyl (C=O) groups is 1. The number of epoxide rings is 1. The van der Waals surface area contributed by atoms with Crippen molar-refractivity contribution < 1.29 is 14.3 Å². The van der Waals surface area contributed by atoms with Crippen LogP contribution < -0.4 is 5.32 Å². The van der Waals surface area contributed by atoms with Crippen LogP contribution >= 0.6 is 0 Å². The third kappa shape index (κ3) is 2.61. The summed E-state index contributed by atoms with van der Waals surface area (Å²) in [4.78, 5) is 11.3. The highest BCUT2D eigenvalue weighted by atomic mass is 16.6. The first-order chi connectivity index (χ1) is 6.46. The molecule has 4 nitrogen and oxygen atoms in total. The molecule has 4 heteroatoms. The molecule has 1 aliphatic heterocycles. The molecule has 2 rings (SSSR count). The average Bonchev–Trinajstić information content (AvgIpc) is 2.71. The van der Waals surface area contributed by atoms with E-state index in [1.807, 2.05) is 20.8 Å². The van der Waals surface area contributed by atoms with Crippen LogP contribution in [0.3, 0.4) is 0 Å². The fourth-order valence-corrected chi connectivity index (χ4v) is 1.55. The maximum Gasteiger partial charge on any atom is 0.407 e. The zero-order chi connectivity index (χ0) is 10.3. The van der Waals surface area contributed by atoms with E-state index in [1.165, 1.54) is 0 Å². The molecule has 1 aliphatic carbocycles. The highest BCUT2D eigenvalue weighted by Gasteiger charge is 2.50. The predicted octanol–water partition coefficient (Wildman–Crippen LogP) is 1.30. The summed E-state index contributed by atoms with van der Waals surface area (Å²) in [5.74, 6) is 0.530. The van der Waals surface area contributed by atoms with Crippen molar-refractivity contribution in [3.63, 3.8) is 0 Å². The minimum atomic E-state index is -0.412. The second-order valence-corrected chi connectivity index (χ2v) is 5.02. The lowest BCUT2D eigenvalue weighted by atomic mass is 10.2. The van der Waals surface area contributed by atoms with Gasteiger partial charge >= 0.3 is 6.09 Å². The van der Waals surface area contributed by atoms with Crippen LogP contribution in [0.5, 0.6) is 0 Å². The molecule has 0 bridgehead atoms. The van der Waals surface area contributed by atoms with Crippen molar-refractivity contribution in [2.45, 2.75) is 44.9 Å². The topological polar surface area (TPSA) is 50.9 Å². The Bertz CT molecular complexity index is 242. The van der Waals surface area contributed by atoms with Gasteiger partial charge in [0.1, 0.15) is 5.60 Å². The molecule has 0 radical (unpaired) electrons. The first-order valence-corrected chi connectivity index (χ1v) is 5.07. The Morgan fingerprint density at radius 1 is 1.50 bits per heavy atom. The Balaban J connectivity index is 1.68. The van der Waals surface area contributed by atoms with E-state index in [0.29, 0.717) is 12.0 Å². The monoisotopic (exact) mass is 199 g/mol. The molecule has 1 N–H and O–H groups in total. The molecule has 0 spiro atoms. The van der Waals surface area contributed by atoms with Crippen molar-refractivity contribution in [1.29, 1.82) is 0 Å². The molecule has 0 aromatic heterocycles. The van der Waals surface area contributed by atoms with E-state index in [-0.39, 0.29) is 12.1 Å². The first-order valence-electron chi connectivity index (χ1n) is 5.07. The van der Waals surface area contributed by atoms with Gasteiger partial charge in [-0.15, -0.1) is 0 Å². The quantitative estimate of drug-likeness (QED) is 0.682. The van der Waals surface area contributed by atoms with Crippen molar-refractivity contribution in [3.8, 4) is 0 Å².